The van der Waals surface area contributed by atoms with Crippen LogP contribution in [0.2, 0.25) is 0 Å². The van der Waals surface area contributed by atoms with Gasteiger partial charge in [0, 0.05) is 29.2 Å². The molecule has 2 rings (SSSR count). The van der Waals surface area contributed by atoms with Crippen molar-refractivity contribution in [1.29, 1.82) is 0 Å². The molecule has 0 atom stereocenters. The third-order valence-electron chi connectivity index (χ3n) is 3.41. The second-order valence-electron chi connectivity index (χ2n) is 4.90. The van der Waals surface area contributed by atoms with Crippen LogP contribution in [0, 0.1) is 13.8 Å². The fourth-order valence-electron chi connectivity index (χ4n) is 2.22. The molecule has 2 N–H and O–H groups in total. The summed E-state index contributed by atoms with van der Waals surface area (Å²) in [5.74, 6) is 1.66. The molecule has 2 aromatic heterocycles. The lowest BCUT2D eigenvalue weighted by molar-refractivity contribution is 0.406. The van der Waals surface area contributed by atoms with Gasteiger partial charge in [-0.3, -0.25) is 9.98 Å². The van der Waals surface area contributed by atoms with E-state index in [1.54, 1.807) is 25.5 Å². The number of aryl methyl sites for hydroxylation is 1. The van der Waals surface area contributed by atoms with Crippen LogP contribution < -0.4 is 15.4 Å². The van der Waals surface area contributed by atoms with Gasteiger partial charge in [0.15, 0.2) is 5.96 Å². The van der Waals surface area contributed by atoms with Gasteiger partial charge in [0.25, 0.3) is 0 Å². The van der Waals surface area contributed by atoms with E-state index in [0.717, 1.165) is 35.1 Å². The fourth-order valence-corrected chi connectivity index (χ4v) is 2.87. The van der Waals surface area contributed by atoms with Crippen LogP contribution in [-0.2, 0) is 13.1 Å². The van der Waals surface area contributed by atoms with Crippen molar-refractivity contribution in [3.8, 4) is 5.75 Å². The standard InChI is InChI=1S/C16H22N4OS.HI/c1-11-8-18-14(12(2)15(11)21-4)10-20-16(17-3)19-9-13-6-5-7-22-13;/h5-8H,9-10H2,1-4H3,(H2,17,19,20);1H. The first-order valence-corrected chi connectivity index (χ1v) is 7.99. The molecule has 0 saturated heterocycles. The Labute approximate surface area is 158 Å². The number of pyridine rings is 1. The van der Waals surface area contributed by atoms with Crippen molar-refractivity contribution in [2.75, 3.05) is 14.2 Å². The predicted molar refractivity (Wildman–Crippen MR) is 107 cm³/mol. The van der Waals surface area contributed by atoms with Crippen molar-refractivity contribution in [1.82, 2.24) is 15.6 Å². The number of hydrogen-bond donors (Lipinski definition) is 2. The minimum atomic E-state index is 0. The molecule has 0 bridgehead atoms. The molecule has 0 fully saturated rings. The molecule has 23 heavy (non-hydrogen) atoms. The smallest absolute Gasteiger partial charge is 0.191 e. The fraction of sp³-hybridized carbons (Fsp3) is 0.375. The Morgan fingerprint density at radius 2 is 2.04 bits per heavy atom. The van der Waals surface area contributed by atoms with Gasteiger partial charge < -0.3 is 15.4 Å². The van der Waals surface area contributed by atoms with Crippen LogP contribution in [0.25, 0.3) is 0 Å². The summed E-state index contributed by atoms with van der Waals surface area (Å²) in [6, 6.07) is 4.14. The number of aliphatic imine (C=N–C) groups is 1. The molecular formula is C16H23IN4OS. The van der Waals surface area contributed by atoms with Gasteiger partial charge in [-0.15, -0.1) is 35.3 Å². The number of guanidine groups is 1. The minimum Gasteiger partial charge on any atom is -0.496 e. The number of rotatable bonds is 5. The van der Waals surface area contributed by atoms with Gasteiger partial charge in [-0.1, -0.05) is 6.07 Å². The van der Waals surface area contributed by atoms with Crippen LogP contribution in [-0.4, -0.2) is 25.1 Å². The molecule has 126 valence electrons. The van der Waals surface area contributed by atoms with E-state index >= 15 is 0 Å². The molecule has 0 unspecified atom stereocenters. The summed E-state index contributed by atoms with van der Waals surface area (Å²) < 4.78 is 5.43. The summed E-state index contributed by atoms with van der Waals surface area (Å²) >= 11 is 1.72. The monoisotopic (exact) mass is 446 g/mol. The number of aromatic nitrogens is 1. The first-order chi connectivity index (χ1) is 10.7. The molecule has 0 saturated carbocycles. The summed E-state index contributed by atoms with van der Waals surface area (Å²) in [5.41, 5.74) is 3.06. The Morgan fingerprint density at radius 1 is 1.30 bits per heavy atom. The second-order valence-corrected chi connectivity index (χ2v) is 5.94. The zero-order chi connectivity index (χ0) is 15.9. The van der Waals surface area contributed by atoms with Crippen molar-refractivity contribution in [2.24, 2.45) is 4.99 Å². The average molecular weight is 446 g/mol. The van der Waals surface area contributed by atoms with Gasteiger partial charge in [-0.05, 0) is 25.3 Å². The van der Waals surface area contributed by atoms with Crippen LogP contribution in [0.15, 0.2) is 28.7 Å². The quantitative estimate of drug-likeness (QED) is 0.421. The molecule has 0 spiro atoms. The molecule has 0 radical (unpaired) electrons. The molecule has 0 aliphatic rings. The highest BCUT2D eigenvalue weighted by molar-refractivity contribution is 14.0. The van der Waals surface area contributed by atoms with Crippen molar-refractivity contribution >= 4 is 41.3 Å². The number of nitrogens with one attached hydrogen (secondary N) is 2. The van der Waals surface area contributed by atoms with Gasteiger partial charge in [-0.25, -0.2) is 0 Å². The first kappa shape index (κ1) is 19.7. The summed E-state index contributed by atoms with van der Waals surface area (Å²) in [5, 5.41) is 8.65. The van der Waals surface area contributed by atoms with E-state index in [4.69, 9.17) is 4.74 Å². The van der Waals surface area contributed by atoms with E-state index in [9.17, 15) is 0 Å². The highest BCUT2D eigenvalue weighted by atomic mass is 127. The largest absolute Gasteiger partial charge is 0.496 e. The Morgan fingerprint density at radius 3 is 2.65 bits per heavy atom. The van der Waals surface area contributed by atoms with E-state index in [0.29, 0.717) is 6.54 Å². The van der Waals surface area contributed by atoms with E-state index in [-0.39, 0.29) is 24.0 Å². The Balaban J connectivity index is 0.00000264. The summed E-state index contributed by atoms with van der Waals surface area (Å²) in [4.78, 5) is 9.98. The van der Waals surface area contributed by atoms with E-state index < -0.39 is 0 Å². The van der Waals surface area contributed by atoms with E-state index in [1.807, 2.05) is 26.1 Å². The van der Waals surface area contributed by atoms with Crippen LogP contribution in [0.1, 0.15) is 21.7 Å². The number of halogens is 1. The van der Waals surface area contributed by atoms with Gasteiger partial charge >= 0.3 is 0 Å². The molecule has 7 heteroatoms. The van der Waals surface area contributed by atoms with Crippen molar-refractivity contribution in [3.63, 3.8) is 0 Å². The number of hydrogen-bond acceptors (Lipinski definition) is 4. The Kier molecular flexibility index (Phi) is 8.32. The summed E-state index contributed by atoms with van der Waals surface area (Å²) in [6.45, 7) is 5.39. The maximum Gasteiger partial charge on any atom is 0.191 e. The van der Waals surface area contributed by atoms with Crippen LogP contribution in [0.3, 0.4) is 0 Å². The zero-order valence-corrected chi connectivity index (χ0v) is 17.0. The number of nitrogens with zero attached hydrogens (tertiary/aromatic N) is 2. The first-order valence-electron chi connectivity index (χ1n) is 7.11. The lowest BCUT2D eigenvalue weighted by Crippen LogP contribution is -2.36. The Bertz CT molecular complexity index is 644. The van der Waals surface area contributed by atoms with Crippen LogP contribution in [0.4, 0.5) is 0 Å². The van der Waals surface area contributed by atoms with Gasteiger partial charge in [-0.2, -0.15) is 0 Å². The molecule has 0 aliphatic heterocycles. The number of ether oxygens (including phenoxy) is 1. The molecule has 0 amide bonds. The van der Waals surface area contributed by atoms with Crippen LogP contribution >= 0.6 is 35.3 Å². The number of thiophene rings is 1. The lowest BCUT2D eigenvalue weighted by atomic mass is 10.1. The van der Waals surface area contributed by atoms with Crippen molar-refractivity contribution in [2.45, 2.75) is 26.9 Å². The molecular weight excluding hydrogens is 423 g/mol. The maximum atomic E-state index is 5.43. The van der Waals surface area contributed by atoms with E-state index in [2.05, 4.69) is 32.1 Å². The van der Waals surface area contributed by atoms with Crippen LogP contribution in [0.5, 0.6) is 5.75 Å². The molecule has 2 heterocycles. The average Bonchev–Trinajstić information content (AvgIpc) is 3.03. The molecule has 2 aromatic rings. The van der Waals surface area contributed by atoms with Crippen molar-refractivity contribution < 1.29 is 4.74 Å². The maximum absolute atomic E-state index is 5.43. The predicted octanol–water partition coefficient (Wildman–Crippen LogP) is 3.25. The summed E-state index contributed by atoms with van der Waals surface area (Å²) in [7, 11) is 3.45. The van der Waals surface area contributed by atoms with Crippen molar-refractivity contribution in [3.05, 3.63) is 45.4 Å². The summed E-state index contributed by atoms with van der Waals surface area (Å²) in [6.07, 6.45) is 1.84. The molecule has 5 nitrogen and oxygen atoms in total. The molecule has 0 aromatic carbocycles. The molecule has 0 aliphatic carbocycles. The van der Waals surface area contributed by atoms with Gasteiger partial charge in [0.1, 0.15) is 5.75 Å². The highest BCUT2D eigenvalue weighted by Gasteiger charge is 2.09. The third-order valence-corrected chi connectivity index (χ3v) is 4.28. The SMILES string of the molecule is CN=C(NCc1cccs1)NCc1ncc(C)c(OC)c1C.I. The highest BCUT2D eigenvalue weighted by Crippen LogP contribution is 2.23. The lowest BCUT2D eigenvalue weighted by Gasteiger charge is -2.14. The zero-order valence-electron chi connectivity index (χ0n) is 13.8. The number of methoxy groups -OCH3 is 1. The second kappa shape index (κ2) is 9.71. The topological polar surface area (TPSA) is 58.5 Å². The normalized spacial score (nSPS) is 10.9. The van der Waals surface area contributed by atoms with E-state index in [1.165, 1.54) is 4.88 Å². The Hall–Kier alpha value is -1.35. The third kappa shape index (κ3) is 5.35. The van der Waals surface area contributed by atoms with Gasteiger partial charge in [0.05, 0.1) is 25.9 Å². The minimum absolute atomic E-state index is 0. The van der Waals surface area contributed by atoms with Gasteiger partial charge in [0.2, 0.25) is 0 Å².